The van der Waals surface area contributed by atoms with Crippen molar-refractivity contribution < 1.29 is 5.11 Å². The Kier molecular flexibility index (Phi) is 5.86. The summed E-state index contributed by atoms with van der Waals surface area (Å²) < 4.78 is 0. The normalized spacial score (nSPS) is 13.0. The molecule has 3 heteroatoms. The molecule has 0 aromatic heterocycles. The Labute approximate surface area is 68.4 Å². The lowest BCUT2D eigenvalue weighted by Gasteiger charge is -2.15. The minimum Gasteiger partial charge on any atom is -0.390 e. The van der Waals surface area contributed by atoms with Crippen LogP contribution < -0.4 is 5.32 Å². The predicted molar refractivity (Wildman–Crippen MR) is 46.3 cm³/mol. The van der Waals surface area contributed by atoms with Gasteiger partial charge in [0.25, 0.3) is 0 Å². The molecule has 0 fully saturated rings. The second-order valence-electron chi connectivity index (χ2n) is 2.75. The smallest absolute Gasteiger partial charge is 0.0791 e. The van der Waals surface area contributed by atoms with Crippen LogP contribution in [-0.2, 0) is 0 Å². The van der Waals surface area contributed by atoms with E-state index in [1.807, 2.05) is 19.0 Å². The molecule has 0 aromatic rings. The average molecular weight is 156 g/mol. The van der Waals surface area contributed by atoms with E-state index < -0.39 is 0 Å². The van der Waals surface area contributed by atoms with E-state index in [0.29, 0.717) is 19.6 Å². The second kappa shape index (κ2) is 6.17. The van der Waals surface area contributed by atoms with Crippen LogP contribution in [0.1, 0.15) is 0 Å². The van der Waals surface area contributed by atoms with Crippen molar-refractivity contribution in [2.45, 2.75) is 6.10 Å². The summed E-state index contributed by atoms with van der Waals surface area (Å²) in [6, 6.07) is 0. The van der Waals surface area contributed by atoms with Crippen molar-refractivity contribution >= 4 is 0 Å². The molecule has 0 aliphatic heterocycles. The highest BCUT2D eigenvalue weighted by Crippen LogP contribution is 1.82. The highest BCUT2D eigenvalue weighted by atomic mass is 16.3. The number of likely N-dealkylation sites (N-methyl/N-ethyl adjacent to an activating group) is 1. The van der Waals surface area contributed by atoms with Gasteiger partial charge in [-0.15, -0.1) is 6.42 Å². The van der Waals surface area contributed by atoms with Crippen LogP contribution in [0.2, 0.25) is 0 Å². The second-order valence-corrected chi connectivity index (χ2v) is 2.75. The lowest BCUT2D eigenvalue weighted by Crippen LogP contribution is -2.35. The number of aliphatic hydroxyl groups is 1. The van der Waals surface area contributed by atoms with Crippen molar-refractivity contribution in [2.75, 3.05) is 33.7 Å². The summed E-state index contributed by atoms with van der Waals surface area (Å²) in [5, 5.41) is 12.2. The number of hydrogen-bond acceptors (Lipinski definition) is 3. The molecule has 2 N–H and O–H groups in total. The topological polar surface area (TPSA) is 35.5 Å². The summed E-state index contributed by atoms with van der Waals surface area (Å²) in [4.78, 5) is 1.93. The zero-order valence-corrected chi connectivity index (χ0v) is 7.17. The number of rotatable bonds is 5. The van der Waals surface area contributed by atoms with Gasteiger partial charge in [0.15, 0.2) is 0 Å². The lowest BCUT2D eigenvalue weighted by atomic mass is 10.3. The maximum atomic E-state index is 9.27. The largest absolute Gasteiger partial charge is 0.390 e. The Hall–Kier alpha value is -0.560. The van der Waals surface area contributed by atoms with Crippen LogP contribution in [0.25, 0.3) is 0 Å². The van der Waals surface area contributed by atoms with E-state index in [1.54, 1.807) is 0 Å². The summed E-state index contributed by atoms with van der Waals surface area (Å²) in [7, 11) is 3.84. The van der Waals surface area contributed by atoms with Gasteiger partial charge in [0.05, 0.1) is 12.6 Å². The summed E-state index contributed by atoms with van der Waals surface area (Å²) in [5.74, 6) is 2.44. The van der Waals surface area contributed by atoms with E-state index in [1.165, 1.54) is 0 Å². The Bertz CT molecular complexity index is 129. The zero-order chi connectivity index (χ0) is 8.69. The maximum Gasteiger partial charge on any atom is 0.0791 e. The summed E-state index contributed by atoms with van der Waals surface area (Å²) in [6.45, 7) is 1.74. The standard InChI is InChI=1S/C8H16N2O/c1-4-5-9-6-8(11)7-10(2)3/h1,8-9,11H,5-7H2,2-3H3. The van der Waals surface area contributed by atoms with Gasteiger partial charge in [-0.3, -0.25) is 0 Å². The molecule has 0 saturated carbocycles. The van der Waals surface area contributed by atoms with Gasteiger partial charge in [-0.2, -0.15) is 0 Å². The van der Waals surface area contributed by atoms with Gasteiger partial charge >= 0.3 is 0 Å². The Balaban J connectivity index is 3.24. The molecule has 64 valence electrons. The molecule has 0 heterocycles. The first-order valence-electron chi connectivity index (χ1n) is 3.63. The first-order chi connectivity index (χ1) is 5.16. The van der Waals surface area contributed by atoms with Crippen molar-refractivity contribution in [3.8, 4) is 12.3 Å². The van der Waals surface area contributed by atoms with E-state index in [9.17, 15) is 5.11 Å². The quantitative estimate of drug-likeness (QED) is 0.401. The molecule has 0 aliphatic rings. The monoisotopic (exact) mass is 156 g/mol. The molecule has 0 aromatic carbocycles. The maximum absolute atomic E-state index is 9.27. The van der Waals surface area contributed by atoms with Crippen LogP contribution in [0.4, 0.5) is 0 Å². The van der Waals surface area contributed by atoms with Crippen molar-refractivity contribution in [1.29, 1.82) is 0 Å². The molecule has 3 nitrogen and oxygen atoms in total. The van der Waals surface area contributed by atoms with Gasteiger partial charge in [-0.05, 0) is 14.1 Å². The van der Waals surface area contributed by atoms with Gasteiger partial charge < -0.3 is 15.3 Å². The molecule has 0 spiro atoms. The molecular weight excluding hydrogens is 140 g/mol. The lowest BCUT2D eigenvalue weighted by molar-refractivity contribution is 0.136. The SMILES string of the molecule is C#CCNCC(O)CN(C)C. The highest BCUT2D eigenvalue weighted by Gasteiger charge is 2.02. The van der Waals surface area contributed by atoms with Crippen LogP contribution in [-0.4, -0.2) is 49.8 Å². The highest BCUT2D eigenvalue weighted by molar-refractivity contribution is 4.86. The van der Waals surface area contributed by atoms with E-state index >= 15 is 0 Å². The third kappa shape index (κ3) is 7.34. The molecule has 0 bridgehead atoms. The number of nitrogens with zero attached hydrogens (tertiary/aromatic N) is 1. The third-order valence-corrected chi connectivity index (χ3v) is 1.18. The summed E-state index contributed by atoms with van der Waals surface area (Å²) in [5.41, 5.74) is 0. The Morgan fingerprint density at radius 1 is 1.64 bits per heavy atom. The summed E-state index contributed by atoms with van der Waals surface area (Å²) in [6.07, 6.45) is 4.68. The molecule has 0 amide bonds. The molecule has 0 rings (SSSR count). The van der Waals surface area contributed by atoms with Crippen LogP contribution in [0, 0.1) is 12.3 Å². The molecule has 1 atom stereocenters. The number of hydrogen-bond donors (Lipinski definition) is 2. The van der Waals surface area contributed by atoms with Gasteiger partial charge in [0.1, 0.15) is 0 Å². The summed E-state index contributed by atoms with van der Waals surface area (Å²) >= 11 is 0. The average Bonchev–Trinajstić information content (AvgIpc) is 1.86. The molecule has 11 heavy (non-hydrogen) atoms. The molecular formula is C8H16N2O. The first-order valence-corrected chi connectivity index (χ1v) is 3.63. The zero-order valence-electron chi connectivity index (χ0n) is 7.17. The third-order valence-electron chi connectivity index (χ3n) is 1.18. The van der Waals surface area contributed by atoms with Gasteiger partial charge in [0.2, 0.25) is 0 Å². The van der Waals surface area contributed by atoms with Gasteiger partial charge in [-0.25, -0.2) is 0 Å². The van der Waals surface area contributed by atoms with Crippen LogP contribution in [0.5, 0.6) is 0 Å². The van der Waals surface area contributed by atoms with Crippen LogP contribution in [0.15, 0.2) is 0 Å². The van der Waals surface area contributed by atoms with E-state index in [4.69, 9.17) is 6.42 Å². The van der Waals surface area contributed by atoms with E-state index in [2.05, 4.69) is 11.2 Å². The van der Waals surface area contributed by atoms with Crippen molar-refractivity contribution in [3.05, 3.63) is 0 Å². The number of aliphatic hydroxyl groups excluding tert-OH is 1. The van der Waals surface area contributed by atoms with Crippen molar-refractivity contribution in [3.63, 3.8) is 0 Å². The van der Waals surface area contributed by atoms with Gasteiger partial charge in [-0.1, -0.05) is 5.92 Å². The van der Waals surface area contributed by atoms with E-state index in [0.717, 1.165) is 0 Å². The first kappa shape index (κ1) is 10.4. The minimum absolute atomic E-state index is 0.335. The van der Waals surface area contributed by atoms with Crippen molar-refractivity contribution in [2.24, 2.45) is 0 Å². The fourth-order valence-electron chi connectivity index (χ4n) is 0.797. The van der Waals surface area contributed by atoms with Crippen molar-refractivity contribution in [1.82, 2.24) is 10.2 Å². The molecule has 0 radical (unpaired) electrons. The molecule has 0 saturated heterocycles. The van der Waals surface area contributed by atoms with E-state index in [-0.39, 0.29) is 6.10 Å². The Morgan fingerprint density at radius 2 is 2.27 bits per heavy atom. The molecule has 0 aliphatic carbocycles. The molecule has 1 unspecified atom stereocenters. The van der Waals surface area contributed by atoms with Crippen LogP contribution in [0.3, 0.4) is 0 Å². The Morgan fingerprint density at radius 3 is 2.73 bits per heavy atom. The van der Waals surface area contributed by atoms with Crippen LogP contribution >= 0.6 is 0 Å². The number of nitrogens with one attached hydrogen (secondary N) is 1. The number of terminal acetylenes is 1. The fraction of sp³-hybridized carbons (Fsp3) is 0.750. The predicted octanol–water partition coefficient (Wildman–Crippen LogP) is -0.868. The minimum atomic E-state index is -0.335. The fourth-order valence-corrected chi connectivity index (χ4v) is 0.797. The van der Waals surface area contributed by atoms with Gasteiger partial charge in [0, 0.05) is 13.1 Å².